The average molecular weight is 304 g/mol. The molecule has 0 aromatic heterocycles. The molecule has 3 amide bonds. The molecule has 7 nitrogen and oxygen atoms in total. The number of hydrogen-bond donors (Lipinski definition) is 3. The van der Waals surface area contributed by atoms with Gasteiger partial charge in [-0.3, -0.25) is 24.6 Å². The second-order valence-corrected chi connectivity index (χ2v) is 5.17. The molecule has 118 valence electrons. The van der Waals surface area contributed by atoms with Crippen molar-refractivity contribution in [3.05, 3.63) is 35.9 Å². The second kappa shape index (κ2) is 7.15. The maximum Gasteiger partial charge on any atom is 0.249 e. The van der Waals surface area contributed by atoms with Crippen molar-refractivity contribution < 1.29 is 14.4 Å². The van der Waals surface area contributed by atoms with Gasteiger partial charge in [-0.05, 0) is 18.9 Å². The summed E-state index contributed by atoms with van der Waals surface area (Å²) in [7, 11) is 0. The van der Waals surface area contributed by atoms with E-state index in [9.17, 15) is 14.4 Å². The van der Waals surface area contributed by atoms with E-state index >= 15 is 0 Å². The molecule has 0 bridgehead atoms. The zero-order valence-corrected chi connectivity index (χ0v) is 12.4. The summed E-state index contributed by atoms with van der Waals surface area (Å²) >= 11 is 0. The van der Waals surface area contributed by atoms with Gasteiger partial charge in [-0.15, -0.1) is 0 Å². The summed E-state index contributed by atoms with van der Waals surface area (Å²) in [5.41, 5.74) is 6.18. The van der Waals surface area contributed by atoms with Gasteiger partial charge < -0.3 is 11.1 Å². The van der Waals surface area contributed by atoms with Crippen molar-refractivity contribution in [2.24, 2.45) is 5.73 Å². The van der Waals surface area contributed by atoms with Crippen LogP contribution in [0, 0.1) is 0 Å². The highest BCUT2D eigenvalue weighted by Crippen LogP contribution is 2.15. The summed E-state index contributed by atoms with van der Waals surface area (Å²) in [6.45, 7) is 1.32. The van der Waals surface area contributed by atoms with E-state index in [0.29, 0.717) is 6.42 Å². The first-order chi connectivity index (χ1) is 10.5. The van der Waals surface area contributed by atoms with Gasteiger partial charge >= 0.3 is 0 Å². The van der Waals surface area contributed by atoms with Crippen LogP contribution in [0.5, 0.6) is 0 Å². The summed E-state index contributed by atoms with van der Waals surface area (Å²) in [4.78, 5) is 36.7. The Morgan fingerprint density at radius 2 is 2.00 bits per heavy atom. The summed E-state index contributed by atoms with van der Waals surface area (Å²) in [6.07, 6.45) is 0.117. The van der Waals surface area contributed by atoms with E-state index in [1.54, 1.807) is 6.92 Å². The fraction of sp³-hybridized carbons (Fsp3) is 0.400. The molecule has 1 aliphatic rings. The number of nitrogens with one attached hydrogen (secondary N) is 2. The predicted octanol–water partition coefficient (Wildman–Crippen LogP) is -1.02. The van der Waals surface area contributed by atoms with Crippen LogP contribution in [-0.4, -0.2) is 47.9 Å². The van der Waals surface area contributed by atoms with Gasteiger partial charge in [0.25, 0.3) is 0 Å². The van der Waals surface area contributed by atoms with Crippen LogP contribution < -0.4 is 16.4 Å². The van der Waals surface area contributed by atoms with Crippen LogP contribution in [0.15, 0.2) is 30.3 Å². The lowest BCUT2D eigenvalue weighted by Crippen LogP contribution is -2.46. The Labute approximate surface area is 128 Å². The Balaban J connectivity index is 1.97. The molecule has 1 heterocycles. The highest BCUT2D eigenvalue weighted by atomic mass is 16.2. The van der Waals surface area contributed by atoms with Gasteiger partial charge in [0.2, 0.25) is 17.7 Å². The number of rotatable bonds is 5. The number of imide groups is 1. The van der Waals surface area contributed by atoms with Crippen molar-refractivity contribution in [3.8, 4) is 0 Å². The first-order valence-corrected chi connectivity index (χ1v) is 7.15. The Morgan fingerprint density at radius 3 is 2.64 bits per heavy atom. The van der Waals surface area contributed by atoms with Crippen LogP contribution >= 0.6 is 0 Å². The van der Waals surface area contributed by atoms with Crippen molar-refractivity contribution in [2.45, 2.75) is 25.6 Å². The molecule has 7 heteroatoms. The van der Waals surface area contributed by atoms with Gasteiger partial charge in [0, 0.05) is 0 Å². The fourth-order valence-corrected chi connectivity index (χ4v) is 2.46. The summed E-state index contributed by atoms with van der Waals surface area (Å²) in [6, 6.07) is 9.15. The van der Waals surface area contributed by atoms with Crippen molar-refractivity contribution in [1.29, 1.82) is 0 Å². The van der Waals surface area contributed by atoms with Gasteiger partial charge in [0.05, 0.1) is 25.3 Å². The highest BCUT2D eigenvalue weighted by molar-refractivity contribution is 6.01. The van der Waals surface area contributed by atoms with E-state index in [0.717, 1.165) is 10.5 Å². The Kier molecular flexibility index (Phi) is 5.24. The maximum atomic E-state index is 12.4. The monoisotopic (exact) mass is 304 g/mol. The molecule has 0 radical (unpaired) electrons. The number of carbonyl (C=O) groups is 3. The van der Waals surface area contributed by atoms with Crippen molar-refractivity contribution >= 4 is 17.7 Å². The van der Waals surface area contributed by atoms with Crippen LogP contribution in [0.2, 0.25) is 0 Å². The molecule has 4 N–H and O–H groups in total. The zero-order valence-electron chi connectivity index (χ0n) is 12.4. The van der Waals surface area contributed by atoms with E-state index < -0.39 is 24.0 Å². The van der Waals surface area contributed by atoms with Crippen LogP contribution in [-0.2, 0) is 20.8 Å². The first-order valence-electron chi connectivity index (χ1n) is 7.15. The number of carbonyl (C=O) groups excluding carboxylic acids is 3. The van der Waals surface area contributed by atoms with Crippen LogP contribution in [0.3, 0.4) is 0 Å². The van der Waals surface area contributed by atoms with E-state index in [1.165, 1.54) is 0 Å². The molecule has 1 aromatic carbocycles. The lowest BCUT2D eigenvalue weighted by molar-refractivity contribution is -0.144. The normalized spacial score (nSPS) is 21.0. The van der Waals surface area contributed by atoms with E-state index in [-0.39, 0.29) is 19.0 Å². The number of hydrogen-bond acceptors (Lipinski definition) is 5. The minimum absolute atomic E-state index is 0.189. The van der Waals surface area contributed by atoms with Crippen molar-refractivity contribution in [3.63, 3.8) is 0 Å². The average Bonchev–Trinajstić information content (AvgIpc) is 2.79. The number of nitrogens with zero attached hydrogens (tertiary/aromatic N) is 1. The molecule has 1 saturated heterocycles. The third kappa shape index (κ3) is 3.69. The molecule has 22 heavy (non-hydrogen) atoms. The predicted molar refractivity (Wildman–Crippen MR) is 80.4 cm³/mol. The Hall–Kier alpha value is -2.25. The van der Waals surface area contributed by atoms with Crippen LogP contribution in [0.25, 0.3) is 0 Å². The lowest BCUT2D eigenvalue weighted by atomic mass is 10.1. The number of amides is 3. The molecule has 2 rings (SSSR count). The van der Waals surface area contributed by atoms with Gasteiger partial charge in [-0.25, -0.2) is 0 Å². The van der Waals surface area contributed by atoms with Crippen LogP contribution in [0.1, 0.15) is 12.5 Å². The molecule has 2 atom stereocenters. The number of nitrogens with two attached hydrogens (primary N) is 1. The SMILES string of the molecule is C[C@H]1NC(Cc2ccccc2)C(=O)N1C(=O)CNC(=O)CN. The molecule has 1 aliphatic heterocycles. The third-order valence-corrected chi connectivity index (χ3v) is 3.54. The van der Waals surface area contributed by atoms with Gasteiger partial charge in [0.15, 0.2) is 0 Å². The molecule has 0 spiro atoms. The van der Waals surface area contributed by atoms with Crippen LogP contribution in [0.4, 0.5) is 0 Å². The Bertz CT molecular complexity index is 561. The number of benzene rings is 1. The molecule has 0 saturated carbocycles. The minimum Gasteiger partial charge on any atom is -0.346 e. The largest absolute Gasteiger partial charge is 0.346 e. The van der Waals surface area contributed by atoms with Gasteiger partial charge in [0.1, 0.15) is 0 Å². The molecular weight excluding hydrogens is 284 g/mol. The quantitative estimate of drug-likeness (QED) is 0.646. The third-order valence-electron chi connectivity index (χ3n) is 3.54. The topological polar surface area (TPSA) is 105 Å². The molecule has 1 fully saturated rings. The summed E-state index contributed by atoms with van der Waals surface area (Å²) in [5.74, 6) is -1.15. The van der Waals surface area contributed by atoms with E-state index in [1.807, 2.05) is 30.3 Å². The van der Waals surface area contributed by atoms with Crippen molar-refractivity contribution in [2.75, 3.05) is 13.1 Å². The fourth-order valence-electron chi connectivity index (χ4n) is 2.46. The standard InChI is InChI=1S/C15H20N4O3/c1-10-18-12(7-11-5-3-2-4-6-11)15(22)19(10)14(21)9-17-13(20)8-16/h2-6,10,12,18H,7-9,16H2,1H3,(H,17,20)/t10-,12?/m0/s1. The first kappa shape index (κ1) is 16.1. The summed E-state index contributed by atoms with van der Waals surface area (Å²) in [5, 5.41) is 5.48. The minimum atomic E-state index is -0.442. The van der Waals surface area contributed by atoms with E-state index in [4.69, 9.17) is 5.73 Å². The van der Waals surface area contributed by atoms with Crippen molar-refractivity contribution in [1.82, 2.24) is 15.5 Å². The summed E-state index contributed by atoms with van der Waals surface area (Å²) < 4.78 is 0. The van der Waals surface area contributed by atoms with Gasteiger partial charge in [-0.2, -0.15) is 0 Å². The van der Waals surface area contributed by atoms with Gasteiger partial charge in [-0.1, -0.05) is 30.3 Å². The molecule has 0 aliphatic carbocycles. The molecule has 1 unspecified atom stereocenters. The van der Waals surface area contributed by atoms with E-state index in [2.05, 4.69) is 10.6 Å². The Morgan fingerprint density at radius 1 is 1.32 bits per heavy atom. The second-order valence-electron chi connectivity index (χ2n) is 5.17. The smallest absolute Gasteiger partial charge is 0.249 e. The highest BCUT2D eigenvalue weighted by Gasteiger charge is 2.39. The zero-order chi connectivity index (χ0) is 16.1. The maximum absolute atomic E-state index is 12.4. The molecule has 1 aromatic rings. The molecular formula is C15H20N4O3. The lowest BCUT2D eigenvalue weighted by Gasteiger charge is -2.18.